The summed E-state index contributed by atoms with van der Waals surface area (Å²) in [5, 5.41) is 0. The van der Waals surface area contributed by atoms with Gasteiger partial charge in [-0.2, -0.15) is 0 Å². The van der Waals surface area contributed by atoms with E-state index in [0.717, 1.165) is 70.6 Å². The first-order chi connectivity index (χ1) is 35.5. The second-order valence-corrected chi connectivity index (χ2v) is 21.7. The molecule has 0 rings (SSSR count). The van der Waals surface area contributed by atoms with E-state index >= 15 is 0 Å². The lowest BCUT2D eigenvalue weighted by Crippen LogP contribution is -2.30. The Morgan fingerprint density at radius 3 is 0.806 bits per heavy atom. The number of carbonyl (C=O) groups excluding carboxylic acids is 3. The minimum Gasteiger partial charge on any atom is -0.462 e. The van der Waals surface area contributed by atoms with Gasteiger partial charge in [0.15, 0.2) is 6.10 Å². The van der Waals surface area contributed by atoms with Gasteiger partial charge in [0.2, 0.25) is 0 Å². The van der Waals surface area contributed by atoms with E-state index in [1.54, 1.807) is 0 Å². The normalized spacial score (nSPS) is 12.2. The molecule has 0 bridgehead atoms. The van der Waals surface area contributed by atoms with Crippen molar-refractivity contribution >= 4 is 17.9 Å². The van der Waals surface area contributed by atoms with Gasteiger partial charge in [-0.05, 0) is 77.0 Å². The molecule has 0 spiro atoms. The maximum atomic E-state index is 12.9. The Bertz CT molecular complexity index is 1210. The molecular formula is C66H122O6. The zero-order valence-electron chi connectivity index (χ0n) is 48.5. The van der Waals surface area contributed by atoms with Crippen LogP contribution in [-0.2, 0) is 28.6 Å². The molecule has 0 saturated carbocycles. The number of hydrogen-bond donors (Lipinski definition) is 0. The molecule has 0 aromatic carbocycles. The fraction of sp³-hybridized carbons (Fsp3) is 0.864. The summed E-state index contributed by atoms with van der Waals surface area (Å²) in [6.07, 6.45) is 74.4. The summed E-state index contributed by atoms with van der Waals surface area (Å²) in [6, 6.07) is 0. The number of hydrogen-bond acceptors (Lipinski definition) is 6. The molecule has 0 aliphatic carbocycles. The fourth-order valence-electron chi connectivity index (χ4n) is 9.53. The van der Waals surface area contributed by atoms with Gasteiger partial charge in [0.05, 0.1) is 0 Å². The molecule has 1 unspecified atom stereocenters. The average molecular weight is 1010 g/mol. The lowest BCUT2D eigenvalue weighted by atomic mass is 10.0. The number of allylic oxidation sites excluding steroid dienone is 6. The summed E-state index contributed by atoms with van der Waals surface area (Å²) in [5.74, 6) is -0.858. The van der Waals surface area contributed by atoms with E-state index in [4.69, 9.17) is 14.2 Å². The third-order valence-corrected chi connectivity index (χ3v) is 14.4. The van der Waals surface area contributed by atoms with E-state index in [1.807, 2.05) is 0 Å². The smallest absolute Gasteiger partial charge is 0.306 e. The molecule has 0 fully saturated rings. The van der Waals surface area contributed by atoms with E-state index in [0.29, 0.717) is 19.3 Å². The largest absolute Gasteiger partial charge is 0.462 e. The summed E-state index contributed by atoms with van der Waals surface area (Å²) < 4.78 is 16.9. The van der Waals surface area contributed by atoms with Crippen LogP contribution in [0.5, 0.6) is 0 Å². The maximum absolute atomic E-state index is 12.9. The number of rotatable bonds is 59. The summed E-state index contributed by atoms with van der Waals surface area (Å²) in [7, 11) is 0. The van der Waals surface area contributed by atoms with E-state index < -0.39 is 6.10 Å². The number of carbonyl (C=O) groups is 3. The van der Waals surface area contributed by atoms with Crippen molar-refractivity contribution in [3.63, 3.8) is 0 Å². The molecule has 0 radical (unpaired) electrons. The predicted octanol–water partition coefficient (Wildman–Crippen LogP) is 21.6. The van der Waals surface area contributed by atoms with Crippen LogP contribution in [0.3, 0.4) is 0 Å². The molecule has 0 amide bonds. The van der Waals surface area contributed by atoms with Crippen LogP contribution in [0.15, 0.2) is 36.5 Å². The van der Waals surface area contributed by atoms with Gasteiger partial charge in [0, 0.05) is 19.3 Å². The van der Waals surface area contributed by atoms with Crippen LogP contribution in [-0.4, -0.2) is 37.2 Å². The standard InChI is InChI=1S/C66H122O6/c1-4-7-10-13-16-19-22-25-27-28-29-30-31-32-33-34-35-36-37-38-40-41-44-47-50-53-56-59-65(68)71-62-63(61-70-64(67)58-55-52-49-46-43-24-21-18-15-12-9-6-3)72-66(69)60-57-54-51-48-45-42-39-26-23-20-17-14-11-8-5-2/h18,21-22,25,28-29,63H,4-17,19-20,23-24,26-27,30-62H2,1-3H3/b21-18-,25-22-,29-28-. The maximum Gasteiger partial charge on any atom is 0.306 e. The van der Waals surface area contributed by atoms with Crippen LogP contribution >= 0.6 is 0 Å². The van der Waals surface area contributed by atoms with Crippen molar-refractivity contribution in [1.29, 1.82) is 0 Å². The second kappa shape index (κ2) is 61.2. The van der Waals surface area contributed by atoms with Gasteiger partial charge in [-0.1, -0.05) is 288 Å². The van der Waals surface area contributed by atoms with Gasteiger partial charge in [0.25, 0.3) is 0 Å². The molecule has 0 saturated heterocycles. The highest BCUT2D eigenvalue weighted by Gasteiger charge is 2.19. The summed E-state index contributed by atoms with van der Waals surface area (Å²) in [4.78, 5) is 38.2. The van der Waals surface area contributed by atoms with Gasteiger partial charge >= 0.3 is 17.9 Å². The summed E-state index contributed by atoms with van der Waals surface area (Å²) in [6.45, 7) is 6.65. The molecule has 0 aromatic heterocycles. The third kappa shape index (κ3) is 58.5. The van der Waals surface area contributed by atoms with E-state index in [-0.39, 0.29) is 31.1 Å². The Morgan fingerprint density at radius 1 is 0.278 bits per heavy atom. The van der Waals surface area contributed by atoms with Gasteiger partial charge in [0.1, 0.15) is 13.2 Å². The van der Waals surface area contributed by atoms with Crippen LogP contribution in [0.4, 0.5) is 0 Å². The average Bonchev–Trinajstić information content (AvgIpc) is 3.38. The molecule has 6 nitrogen and oxygen atoms in total. The molecule has 1 atom stereocenters. The van der Waals surface area contributed by atoms with Crippen LogP contribution < -0.4 is 0 Å². The van der Waals surface area contributed by atoms with E-state index in [9.17, 15) is 14.4 Å². The molecule has 422 valence electrons. The first kappa shape index (κ1) is 69.6. The van der Waals surface area contributed by atoms with Gasteiger partial charge in [-0.25, -0.2) is 0 Å². The highest BCUT2D eigenvalue weighted by atomic mass is 16.6. The van der Waals surface area contributed by atoms with Gasteiger partial charge < -0.3 is 14.2 Å². The van der Waals surface area contributed by atoms with E-state index in [1.165, 1.54) is 238 Å². The van der Waals surface area contributed by atoms with Crippen molar-refractivity contribution in [2.24, 2.45) is 0 Å². The lowest BCUT2D eigenvalue weighted by Gasteiger charge is -2.18. The topological polar surface area (TPSA) is 78.9 Å². The highest BCUT2D eigenvalue weighted by Crippen LogP contribution is 2.17. The minimum atomic E-state index is -0.772. The number of ether oxygens (including phenoxy) is 3. The number of unbranched alkanes of at least 4 members (excludes halogenated alkanes) is 42. The Morgan fingerprint density at radius 2 is 0.500 bits per heavy atom. The Kier molecular flexibility index (Phi) is 59.2. The quantitative estimate of drug-likeness (QED) is 0.0261. The molecular weight excluding hydrogens is 889 g/mol. The van der Waals surface area contributed by atoms with Crippen molar-refractivity contribution in [2.75, 3.05) is 13.2 Å². The molecule has 0 aliphatic heterocycles. The zero-order valence-corrected chi connectivity index (χ0v) is 48.5. The molecule has 72 heavy (non-hydrogen) atoms. The van der Waals surface area contributed by atoms with Gasteiger partial charge in [-0.3, -0.25) is 14.4 Å². The van der Waals surface area contributed by atoms with Crippen LogP contribution in [0.25, 0.3) is 0 Å². The van der Waals surface area contributed by atoms with Crippen molar-refractivity contribution in [2.45, 2.75) is 354 Å². The van der Waals surface area contributed by atoms with Gasteiger partial charge in [-0.15, -0.1) is 0 Å². The second-order valence-electron chi connectivity index (χ2n) is 21.7. The monoisotopic (exact) mass is 1010 g/mol. The fourth-order valence-corrected chi connectivity index (χ4v) is 9.53. The van der Waals surface area contributed by atoms with Crippen LogP contribution in [0.2, 0.25) is 0 Å². The van der Waals surface area contributed by atoms with E-state index in [2.05, 4.69) is 57.2 Å². The van der Waals surface area contributed by atoms with Crippen molar-refractivity contribution in [1.82, 2.24) is 0 Å². The first-order valence-electron chi connectivity index (χ1n) is 32.0. The summed E-state index contributed by atoms with van der Waals surface area (Å²) in [5.41, 5.74) is 0. The highest BCUT2D eigenvalue weighted by molar-refractivity contribution is 5.71. The molecule has 0 heterocycles. The minimum absolute atomic E-state index is 0.0700. The molecule has 0 N–H and O–H groups in total. The Labute approximate surface area is 448 Å². The SMILES string of the molecule is CCCCC/C=C\CCCCCCCC(=O)OCC(COC(=O)CCCCCCCCCCCCCCCCC/C=C\C/C=C\CCCCCCC)OC(=O)CCCCCCCCCCCCCCCCC. The molecule has 6 heteroatoms. The van der Waals surface area contributed by atoms with Crippen LogP contribution in [0, 0.1) is 0 Å². The first-order valence-corrected chi connectivity index (χ1v) is 32.0. The lowest BCUT2D eigenvalue weighted by molar-refractivity contribution is -0.167. The number of esters is 3. The zero-order chi connectivity index (χ0) is 52.2. The summed E-state index contributed by atoms with van der Waals surface area (Å²) >= 11 is 0. The van der Waals surface area contributed by atoms with Crippen molar-refractivity contribution in [3.05, 3.63) is 36.5 Å². The predicted molar refractivity (Wildman–Crippen MR) is 312 cm³/mol. The van der Waals surface area contributed by atoms with Crippen molar-refractivity contribution in [3.8, 4) is 0 Å². The van der Waals surface area contributed by atoms with Crippen LogP contribution in [0.1, 0.15) is 348 Å². The molecule has 0 aromatic rings. The third-order valence-electron chi connectivity index (χ3n) is 14.4. The Hall–Kier alpha value is -2.37. The molecule has 0 aliphatic rings. The van der Waals surface area contributed by atoms with Crippen molar-refractivity contribution < 1.29 is 28.6 Å². The Balaban J connectivity index is 4.18.